The Bertz CT molecular complexity index is 832. The van der Waals surface area contributed by atoms with Crippen LogP contribution in [0.3, 0.4) is 0 Å². The summed E-state index contributed by atoms with van der Waals surface area (Å²) in [5.41, 5.74) is 3.16. The molecule has 1 atom stereocenters. The van der Waals surface area contributed by atoms with Crippen molar-refractivity contribution in [3.05, 3.63) is 65.2 Å². The molecule has 0 saturated heterocycles. The van der Waals surface area contributed by atoms with Crippen LogP contribution in [-0.2, 0) is 16.1 Å². The van der Waals surface area contributed by atoms with Crippen molar-refractivity contribution in [3.8, 4) is 5.75 Å². The number of nitrogens with one attached hydrogen (secondary N) is 1. The Hall–Kier alpha value is -2.82. The molecule has 0 aliphatic rings. The number of amides is 2. The number of carbonyl (C=O) groups is 2. The van der Waals surface area contributed by atoms with Gasteiger partial charge in [0.1, 0.15) is 11.8 Å². The van der Waals surface area contributed by atoms with Crippen molar-refractivity contribution in [2.45, 2.75) is 47.2 Å². The third-order valence-corrected chi connectivity index (χ3v) is 4.81. The van der Waals surface area contributed by atoms with Crippen LogP contribution in [0.1, 0.15) is 37.5 Å². The molecule has 5 nitrogen and oxygen atoms in total. The molecule has 0 radical (unpaired) electrons. The van der Waals surface area contributed by atoms with E-state index in [2.05, 4.69) is 5.32 Å². The van der Waals surface area contributed by atoms with Crippen molar-refractivity contribution in [1.29, 1.82) is 0 Å². The molecule has 29 heavy (non-hydrogen) atoms. The quantitative estimate of drug-likeness (QED) is 0.700. The number of benzene rings is 2. The van der Waals surface area contributed by atoms with E-state index in [0.717, 1.165) is 16.7 Å². The van der Waals surface area contributed by atoms with Crippen LogP contribution in [0.4, 0.5) is 0 Å². The van der Waals surface area contributed by atoms with E-state index in [0.29, 0.717) is 24.8 Å². The predicted octanol–water partition coefficient (Wildman–Crippen LogP) is 3.87. The highest BCUT2D eigenvalue weighted by Gasteiger charge is 2.26. The van der Waals surface area contributed by atoms with Crippen molar-refractivity contribution < 1.29 is 14.3 Å². The van der Waals surface area contributed by atoms with Gasteiger partial charge in [-0.2, -0.15) is 0 Å². The van der Waals surface area contributed by atoms with Crippen molar-refractivity contribution in [2.24, 2.45) is 5.92 Å². The van der Waals surface area contributed by atoms with Gasteiger partial charge in [-0.15, -0.1) is 0 Å². The lowest BCUT2D eigenvalue weighted by atomic mass is 10.1. The van der Waals surface area contributed by atoms with Crippen molar-refractivity contribution >= 4 is 11.8 Å². The van der Waals surface area contributed by atoms with E-state index in [1.165, 1.54) is 0 Å². The summed E-state index contributed by atoms with van der Waals surface area (Å²) in [6.45, 7) is 10.6. The van der Waals surface area contributed by atoms with E-state index in [4.69, 9.17) is 4.74 Å². The van der Waals surface area contributed by atoms with Crippen LogP contribution in [-0.4, -0.2) is 35.9 Å². The molecular weight excluding hydrogens is 364 g/mol. The van der Waals surface area contributed by atoms with Gasteiger partial charge in [-0.25, -0.2) is 0 Å². The van der Waals surface area contributed by atoms with Crippen LogP contribution >= 0.6 is 0 Å². The Morgan fingerprint density at radius 2 is 1.76 bits per heavy atom. The molecule has 0 bridgehead atoms. The number of hydrogen-bond donors (Lipinski definition) is 1. The Balaban J connectivity index is 2.14. The number of nitrogens with zero attached hydrogens (tertiary/aromatic N) is 1. The SMILES string of the molecule is Cc1cccc(OCC(=O)N(Cc2ccccc2C)C(C)C(=O)NCC(C)C)c1. The molecule has 2 rings (SSSR count). The molecule has 0 fully saturated rings. The molecule has 0 aromatic heterocycles. The van der Waals surface area contributed by atoms with E-state index in [9.17, 15) is 9.59 Å². The lowest BCUT2D eigenvalue weighted by Gasteiger charge is -2.29. The minimum absolute atomic E-state index is 0.114. The number of aryl methyl sites for hydroxylation is 2. The normalized spacial score (nSPS) is 11.8. The maximum atomic E-state index is 13.0. The summed E-state index contributed by atoms with van der Waals surface area (Å²) in [5.74, 6) is 0.612. The van der Waals surface area contributed by atoms with Crippen LogP contribution in [0.15, 0.2) is 48.5 Å². The summed E-state index contributed by atoms with van der Waals surface area (Å²) < 4.78 is 5.70. The lowest BCUT2D eigenvalue weighted by molar-refractivity contribution is -0.142. The second-order valence-electron chi connectivity index (χ2n) is 7.87. The molecule has 0 heterocycles. The minimum atomic E-state index is -0.595. The van der Waals surface area contributed by atoms with Gasteiger partial charge in [-0.1, -0.05) is 50.2 Å². The summed E-state index contributed by atoms with van der Waals surface area (Å²) in [5, 5.41) is 2.93. The molecule has 1 unspecified atom stereocenters. The maximum absolute atomic E-state index is 13.0. The molecule has 156 valence electrons. The van der Waals surface area contributed by atoms with Crippen LogP contribution in [0.5, 0.6) is 5.75 Å². The lowest BCUT2D eigenvalue weighted by Crippen LogP contribution is -2.49. The number of rotatable bonds is 9. The van der Waals surface area contributed by atoms with Crippen molar-refractivity contribution in [1.82, 2.24) is 10.2 Å². The highest BCUT2D eigenvalue weighted by Crippen LogP contribution is 2.16. The summed E-state index contributed by atoms with van der Waals surface area (Å²) >= 11 is 0. The summed E-state index contributed by atoms with van der Waals surface area (Å²) in [4.78, 5) is 27.3. The Kier molecular flexibility index (Phi) is 8.25. The number of ether oxygens (including phenoxy) is 1. The van der Waals surface area contributed by atoms with Gasteiger partial charge < -0.3 is 15.0 Å². The van der Waals surface area contributed by atoms with Crippen LogP contribution in [0, 0.1) is 19.8 Å². The van der Waals surface area contributed by atoms with Gasteiger partial charge in [-0.3, -0.25) is 9.59 Å². The molecular formula is C24H32N2O3. The first-order chi connectivity index (χ1) is 13.8. The van der Waals surface area contributed by atoms with Crippen LogP contribution in [0.25, 0.3) is 0 Å². The molecule has 2 aromatic carbocycles. The standard InChI is InChI=1S/C24H32N2O3/c1-17(2)14-25-24(28)20(5)26(15-21-11-7-6-10-19(21)4)23(27)16-29-22-12-8-9-18(3)13-22/h6-13,17,20H,14-16H2,1-5H3,(H,25,28). The first-order valence-electron chi connectivity index (χ1n) is 10.1. The van der Waals surface area contributed by atoms with Gasteiger partial charge in [0, 0.05) is 13.1 Å². The Morgan fingerprint density at radius 1 is 1.03 bits per heavy atom. The van der Waals surface area contributed by atoms with E-state index < -0.39 is 6.04 Å². The average molecular weight is 397 g/mol. The van der Waals surface area contributed by atoms with Crippen LogP contribution < -0.4 is 10.1 Å². The van der Waals surface area contributed by atoms with Gasteiger partial charge >= 0.3 is 0 Å². The topological polar surface area (TPSA) is 58.6 Å². The van der Waals surface area contributed by atoms with Gasteiger partial charge in [0.05, 0.1) is 0 Å². The fraction of sp³-hybridized carbons (Fsp3) is 0.417. The fourth-order valence-corrected chi connectivity index (χ4v) is 2.94. The van der Waals surface area contributed by atoms with Gasteiger partial charge in [-0.05, 0) is 55.5 Å². The van der Waals surface area contributed by atoms with E-state index in [-0.39, 0.29) is 18.4 Å². The summed E-state index contributed by atoms with van der Waals surface area (Å²) in [6.07, 6.45) is 0. The number of carbonyl (C=O) groups excluding carboxylic acids is 2. The Morgan fingerprint density at radius 3 is 2.41 bits per heavy atom. The largest absolute Gasteiger partial charge is 0.484 e. The molecule has 1 N–H and O–H groups in total. The van der Waals surface area contributed by atoms with E-state index >= 15 is 0 Å². The molecule has 2 amide bonds. The van der Waals surface area contributed by atoms with Crippen LogP contribution in [0.2, 0.25) is 0 Å². The highest BCUT2D eigenvalue weighted by molar-refractivity contribution is 5.88. The van der Waals surface area contributed by atoms with E-state index in [1.54, 1.807) is 11.8 Å². The zero-order valence-corrected chi connectivity index (χ0v) is 18.1. The van der Waals surface area contributed by atoms with Gasteiger partial charge in [0.15, 0.2) is 6.61 Å². The second-order valence-corrected chi connectivity index (χ2v) is 7.87. The first-order valence-corrected chi connectivity index (χ1v) is 10.1. The Labute approximate surface area is 174 Å². The molecule has 5 heteroatoms. The summed E-state index contributed by atoms with van der Waals surface area (Å²) in [7, 11) is 0. The highest BCUT2D eigenvalue weighted by atomic mass is 16.5. The second kappa shape index (κ2) is 10.6. The molecule has 0 spiro atoms. The zero-order chi connectivity index (χ0) is 21.4. The molecule has 0 aliphatic carbocycles. The van der Waals surface area contributed by atoms with Gasteiger partial charge in [0.25, 0.3) is 5.91 Å². The third-order valence-electron chi connectivity index (χ3n) is 4.81. The van der Waals surface area contributed by atoms with Gasteiger partial charge in [0.2, 0.25) is 5.91 Å². The fourth-order valence-electron chi connectivity index (χ4n) is 2.94. The molecule has 0 saturated carbocycles. The van der Waals surface area contributed by atoms with Crippen molar-refractivity contribution in [3.63, 3.8) is 0 Å². The zero-order valence-electron chi connectivity index (χ0n) is 18.1. The summed E-state index contributed by atoms with van der Waals surface area (Å²) in [6, 6.07) is 14.9. The third kappa shape index (κ3) is 6.93. The first kappa shape index (κ1) is 22.5. The predicted molar refractivity (Wildman–Crippen MR) is 116 cm³/mol. The molecule has 0 aliphatic heterocycles. The number of hydrogen-bond acceptors (Lipinski definition) is 3. The smallest absolute Gasteiger partial charge is 0.261 e. The maximum Gasteiger partial charge on any atom is 0.261 e. The monoisotopic (exact) mass is 396 g/mol. The minimum Gasteiger partial charge on any atom is -0.484 e. The van der Waals surface area contributed by atoms with Crippen molar-refractivity contribution in [2.75, 3.05) is 13.2 Å². The molecule has 2 aromatic rings. The average Bonchev–Trinajstić information content (AvgIpc) is 2.69. The van der Waals surface area contributed by atoms with E-state index in [1.807, 2.05) is 76.2 Å².